The summed E-state index contributed by atoms with van der Waals surface area (Å²) >= 11 is 0. The zero-order chi connectivity index (χ0) is 18.8. The third-order valence-electron chi connectivity index (χ3n) is 3.59. The topological polar surface area (TPSA) is 80.6 Å². The molecule has 0 spiro atoms. The Kier molecular flexibility index (Phi) is 7.31. The highest BCUT2D eigenvalue weighted by atomic mass is 16.5. The number of amides is 1. The summed E-state index contributed by atoms with van der Waals surface area (Å²) in [6.07, 6.45) is -0.170. The highest BCUT2D eigenvalue weighted by Gasteiger charge is 2.08. The molecule has 1 N–H and O–H groups in total. The van der Waals surface area contributed by atoms with E-state index < -0.39 is 0 Å². The Morgan fingerprint density at radius 3 is 2.65 bits per heavy atom. The average Bonchev–Trinajstić information content (AvgIpc) is 2.64. The van der Waals surface area contributed by atoms with Crippen LogP contribution in [0.25, 0.3) is 0 Å². The lowest BCUT2D eigenvalue weighted by Crippen LogP contribution is -2.22. The number of carbonyl (C=O) groups excluding carboxylic acids is 1. The van der Waals surface area contributed by atoms with Crippen molar-refractivity contribution in [1.29, 1.82) is 5.26 Å². The van der Waals surface area contributed by atoms with E-state index in [1.807, 2.05) is 43.3 Å². The van der Waals surface area contributed by atoms with Crippen molar-refractivity contribution in [2.24, 2.45) is 0 Å². The van der Waals surface area contributed by atoms with E-state index in [4.69, 9.17) is 19.5 Å². The fourth-order valence-electron chi connectivity index (χ4n) is 2.29. The Labute approximate surface area is 153 Å². The fraction of sp³-hybridized carbons (Fsp3) is 0.300. The van der Waals surface area contributed by atoms with Gasteiger partial charge in [-0.2, -0.15) is 5.26 Å². The van der Waals surface area contributed by atoms with Crippen molar-refractivity contribution in [1.82, 2.24) is 5.32 Å². The minimum absolute atomic E-state index is 0.170. The molecule has 2 aromatic rings. The molecule has 136 valence electrons. The number of hydrogen-bond acceptors (Lipinski definition) is 5. The predicted molar refractivity (Wildman–Crippen MR) is 97.2 cm³/mol. The average molecular weight is 354 g/mol. The Morgan fingerprint density at radius 2 is 1.92 bits per heavy atom. The van der Waals surface area contributed by atoms with Crippen molar-refractivity contribution in [2.75, 3.05) is 20.3 Å². The standard InChI is InChI=1S/C20H22N2O4/c1-15-4-3-5-18(12-15)25-10-11-26-19-13-17(24-2)7-6-16(19)14-22-20(23)8-9-21/h3-7,12-13H,8,10-11,14H2,1-2H3,(H,22,23). The van der Waals surface area contributed by atoms with Crippen LogP contribution in [0.15, 0.2) is 42.5 Å². The Morgan fingerprint density at radius 1 is 1.12 bits per heavy atom. The van der Waals surface area contributed by atoms with Gasteiger partial charge in [-0.1, -0.05) is 12.1 Å². The highest BCUT2D eigenvalue weighted by Crippen LogP contribution is 2.25. The minimum Gasteiger partial charge on any atom is -0.497 e. The maximum absolute atomic E-state index is 11.5. The van der Waals surface area contributed by atoms with E-state index in [0.717, 1.165) is 16.9 Å². The lowest BCUT2D eigenvalue weighted by atomic mass is 10.2. The predicted octanol–water partition coefficient (Wildman–Crippen LogP) is 2.99. The second kappa shape index (κ2) is 9.94. The van der Waals surface area contributed by atoms with Crippen LogP contribution >= 0.6 is 0 Å². The van der Waals surface area contributed by atoms with E-state index in [1.165, 1.54) is 0 Å². The van der Waals surface area contributed by atoms with Crippen LogP contribution in [0.1, 0.15) is 17.5 Å². The number of hydrogen-bond donors (Lipinski definition) is 1. The third-order valence-corrected chi connectivity index (χ3v) is 3.59. The quantitative estimate of drug-likeness (QED) is 0.700. The lowest BCUT2D eigenvalue weighted by Gasteiger charge is -2.14. The summed E-state index contributed by atoms with van der Waals surface area (Å²) in [6, 6.07) is 15.0. The van der Waals surface area contributed by atoms with Gasteiger partial charge in [-0.15, -0.1) is 0 Å². The van der Waals surface area contributed by atoms with Gasteiger partial charge in [-0.3, -0.25) is 4.79 Å². The first-order valence-corrected chi connectivity index (χ1v) is 8.25. The third kappa shape index (κ3) is 6.02. The molecule has 0 atom stereocenters. The van der Waals surface area contributed by atoms with Crippen molar-refractivity contribution in [2.45, 2.75) is 19.9 Å². The van der Waals surface area contributed by atoms with Gasteiger partial charge in [0.25, 0.3) is 0 Å². The maximum atomic E-state index is 11.5. The molecule has 0 fully saturated rings. The van der Waals surface area contributed by atoms with Crippen molar-refractivity contribution >= 4 is 5.91 Å². The van der Waals surface area contributed by atoms with Gasteiger partial charge < -0.3 is 19.5 Å². The molecular weight excluding hydrogens is 332 g/mol. The molecule has 0 aliphatic carbocycles. The summed E-state index contributed by atoms with van der Waals surface area (Å²) in [5.74, 6) is 1.74. The Hall–Kier alpha value is -3.20. The van der Waals surface area contributed by atoms with Gasteiger partial charge in [0.15, 0.2) is 0 Å². The molecule has 0 aliphatic rings. The van der Waals surface area contributed by atoms with Crippen LogP contribution in [0.5, 0.6) is 17.2 Å². The van der Waals surface area contributed by atoms with Gasteiger partial charge >= 0.3 is 0 Å². The normalized spacial score (nSPS) is 9.88. The molecule has 0 saturated carbocycles. The van der Waals surface area contributed by atoms with Crippen molar-refractivity contribution < 1.29 is 19.0 Å². The largest absolute Gasteiger partial charge is 0.497 e. The number of ether oxygens (including phenoxy) is 3. The second-order valence-corrected chi connectivity index (χ2v) is 5.60. The summed E-state index contributed by atoms with van der Waals surface area (Å²) in [5.41, 5.74) is 1.93. The van der Waals surface area contributed by atoms with Gasteiger partial charge in [-0.25, -0.2) is 0 Å². The molecular formula is C20H22N2O4. The molecule has 0 saturated heterocycles. The second-order valence-electron chi connectivity index (χ2n) is 5.60. The van der Waals surface area contributed by atoms with Gasteiger partial charge in [0.1, 0.15) is 36.9 Å². The van der Waals surface area contributed by atoms with Crippen molar-refractivity contribution in [3.8, 4) is 23.3 Å². The molecule has 0 aliphatic heterocycles. The first-order valence-electron chi connectivity index (χ1n) is 8.25. The van der Waals surface area contributed by atoms with Crippen LogP contribution in [-0.2, 0) is 11.3 Å². The highest BCUT2D eigenvalue weighted by molar-refractivity contribution is 5.78. The lowest BCUT2D eigenvalue weighted by molar-refractivity contribution is -0.120. The fourth-order valence-corrected chi connectivity index (χ4v) is 2.29. The molecule has 0 bridgehead atoms. The van der Waals surface area contributed by atoms with Gasteiger partial charge in [0.2, 0.25) is 5.91 Å². The Bertz CT molecular complexity index is 784. The molecule has 0 heterocycles. The molecule has 0 aromatic heterocycles. The first kappa shape index (κ1) is 19.1. The molecule has 2 aromatic carbocycles. The smallest absolute Gasteiger partial charge is 0.234 e. The molecule has 0 unspecified atom stereocenters. The SMILES string of the molecule is COc1ccc(CNC(=O)CC#N)c(OCCOc2cccc(C)c2)c1. The van der Waals surface area contributed by atoms with E-state index in [2.05, 4.69) is 5.32 Å². The van der Waals surface area contributed by atoms with Gasteiger partial charge in [0, 0.05) is 18.2 Å². The summed E-state index contributed by atoms with van der Waals surface area (Å²) in [5, 5.41) is 11.2. The number of aryl methyl sites for hydroxylation is 1. The monoisotopic (exact) mass is 354 g/mol. The van der Waals surface area contributed by atoms with Crippen LogP contribution in [-0.4, -0.2) is 26.2 Å². The number of nitrogens with zero attached hydrogens (tertiary/aromatic N) is 1. The molecule has 0 radical (unpaired) electrons. The molecule has 26 heavy (non-hydrogen) atoms. The number of nitriles is 1. The summed E-state index contributed by atoms with van der Waals surface area (Å²) in [4.78, 5) is 11.5. The van der Waals surface area contributed by atoms with E-state index >= 15 is 0 Å². The van der Waals surface area contributed by atoms with E-state index in [-0.39, 0.29) is 18.9 Å². The summed E-state index contributed by atoms with van der Waals surface area (Å²) < 4.78 is 16.7. The van der Waals surface area contributed by atoms with Crippen LogP contribution in [0.4, 0.5) is 0 Å². The number of rotatable bonds is 9. The van der Waals surface area contributed by atoms with Gasteiger partial charge in [-0.05, 0) is 36.8 Å². The number of carbonyl (C=O) groups is 1. The van der Waals surface area contributed by atoms with E-state index in [1.54, 1.807) is 19.2 Å². The van der Waals surface area contributed by atoms with Crippen LogP contribution in [0, 0.1) is 18.3 Å². The molecule has 6 nitrogen and oxygen atoms in total. The number of methoxy groups -OCH3 is 1. The number of benzene rings is 2. The zero-order valence-corrected chi connectivity index (χ0v) is 15.0. The van der Waals surface area contributed by atoms with Crippen LogP contribution in [0.3, 0.4) is 0 Å². The molecule has 2 rings (SSSR count). The summed E-state index contributed by atoms with van der Waals surface area (Å²) in [6.45, 7) is 3.02. The number of nitrogens with one attached hydrogen (secondary N) is 1. The summed E-state index contributed by atoms with van der Waals surface area (Å²) in [7, 11) is 1.58. The van der Waals surface area contributed by atoms with Gasteiger partial charge in [0.05, 0.1) is 13.2 Å². The first-order chi connectivity index (χ1) is 12.6. The van der Waals surface area contributed by atoms with Crippen molar-refractivity contribution in [3.63, 3.8) is 0 Å². The van der Waals surface area contributed by atoms with Crippen molar-refractivity contribution in [3.05, 3.63) is 53.6 Å². The van der Waals surface area contributed by atoms with E-state index in [0.29, 0.717) is 24.7 Å². The zero-order valence-electron chi connectivity index (χ0n) is 15.0. The Balaban J connectivity index is 1.93. The van der Waals surface area contributed by atoms with E-state index in [9.17, 15) is 4.79 Å². The molecule has 6 heteroatoms. The molecule has 1 amide bonds. The van der Waals surface area contributed by atoms with Crippen LogP contribution in [0.2, 0.25) is 0 Å². The maximum Gasteiger partial charge on any atom is 0.234 e. The van der Waals surface area contributed by atoms with Crippen LogP contribution < -0.4 is 19.5 Å². The minimum atomic E-state index is -0.322.